The molecule has 1 amide bonds. The predicted octanol–water partition coefficient (Wildman–Crippen LogP) is 3.39. The number of hydrogen-bond acceptors (Lipinski definition) is 6. The number of H-pyrrole nitrogens is 1. The van der Waals surface area contributed by atoms with Crippen LogP contribution in [0, 0.1) is 0 Å². The molecule has 8 nitrogen and oxygen atoms in total. The van der Waals surface area contributed by atoms with Crippen molar-refractivity contribution in [3.8, 4) is 11.4 Å². The van der Waals surface area contributed by atoms with Gasteiger partial charge >= 0.3 is 0 Å². The van der Waals surface area contributed by atoms with Gasteiger partial charge < -0.3 is 5.32 Å². The van der Waals surface area contributed by atoms with Crippen molar-refractivity contribution < 1.29 is 13.2 Å². The first-order valence-electron chi connectivity index (χ1n) is 10.6. The standard InChI is InChI=1S/C23H29N5O3S2/c1-23(2,3)28-33(30,31)19-12-9-17(10-13-19)11-14-20(29)24-15-16-32-22-25-21(26-27-22)18-7-5-4-6-8-18/h4-10,12-13,28H,11,14-16H2,1-3H3,(H,24,29)(H,25,26,27). The van der Waals surface area contributed by atoms with Crippen molar-refractivity contribution >= 4 is 27.7 Å². The van der Waals surface area contributed by atoms with E-state index in [1.807, 2.05) is 30.3 Å². The minimum absolute atomic E-state index is 0.0540. The highest BCUT2D eigenvalue weighted by Crippen LogP contribution is 2.18. The fourth-order valence-corrected chi connectivity index (χ4v) is 5.08. The molecular weight excluding hydrogens is 458 g/mol. The monoisotopic (exact) mass is 487 g/mol. The van der Waals surface area contributed by atoms with Crippen molar-refractivity contribution in [3.63, 3.8) is 0 Å². The highest BCUT2D eigenvalue weighted by molar-refractivity contribution is 7.99. The Hall–Kier alpha value is -2.69. The van der Waals surface area contributed by atoms with Gasteiger partial charge in [-0.15, -0.1) is 5.10 Å². The molecule has 0 spiro atoms. The Morgan fingerprint density at radius 3 is 2.42 bits per heavy atom. The minimum atomic E-state index is -3.56. The Bertz CT molecular complexity index is 1150. The van der Waals surface area contributed by atoms with Crippen LogP contribution in [0.15, 0.2) is 64.6 Å². The molecule has 0 bridgehead atoms. The number of thioether (sulfide) groups is 1. The smallest absolute Gasteiger partial charge is 0.241 e. The van der Waals surface area contributed by atoms with E-state index < -0.39 is 15.6 Å². The number of aromatic amines is 1. The fraction of sp³-hybridized carbons (Fsp3) is 0.348. The van der Waals surface area contributed by atoms with Crippen molar-refractivity contribution in [2.75, 3.05) is 12.3 Å². The summed E-state index contributed by atoms with van der Waals surface area (Å²) in [5, 5.41) is 10.6. The van der Waals surface area contributed by atoms with Crippen molar-refractivity contribution in [3.05, 3.63) is 60.2 Å². The molecule has 10 heteroatoms. The van der Waals surface area contributed by atoms with E-state index in [1.165, 1.54) is 11.8 Å². The van der Waals surface area contributed by atoms with Crippen molar-refractivity contribution in [2.45, 2.75) is 49.2 Å². The van der Waals surface area contributed by atoms with Gasteiger partial charge in [0, 0.05) is 29.8 Å². The number of aromatic nitrogens is 3. The summed E-state index contributed by atoms with van der Waals surface area (Å²) in [6.07, 6.45) is 0.864. The van der Waals surface area contributed by atoms with Gasteiger partial charge in [0.25, 0.3) is 0 Å². The molecule has 0 aliphatic rings. The topological polar surface area (TPSA) is 117 Å². The molecule has 0 fully saturated rings. The van der Waals surface area contributed by atoms with E-state index >= 15 is 0 Å². The van der Waals surface area contributed by atoms with E-state index in [1.54, 1.807) is 45.0 Å². The maximum absolute atomic E-state index is 12.4. The van der Waals surface area contributed by atoms with Crippen LogP contribution in [0.4, 0.5) is 0 Å². The lowest BCUT2D eigenvalue weighted by Crippen LogP contribution is -2.40. The van der Waals surface area contributed by atoms with Crippen molar-refractivity contribution in [1.82, 2.24) is 25.2 Å². The van der Waals surface area contributed by atoms with Gasteiger partial charge in [-0.25, -0.2) is 18.1 Å². The molecule has 176 valence electrons. The number of carbonyl (C=O) groups is 1. The third-order valence-electron chi connectivity index (χ3n) is 4.48. The second-order valence-corrected chi connectivity index (χ2v) is 11.3. The van der Waals surface area contributed by atoms with Gasteiger partial charge in [-0.1, -0.05) is 54.2 Å². The summed E-state index contributed by atoms with van der Waals surface area (Å²) in [5.41, 5.74) is 1.33. The molecule has 1 heterocycles. The molecule has 0 aliphatic carbocycles. The Labute approximate surface area is 199 Å². The summed E-state index contributed by atoms with van der Waals surface area (Å²) < 4.78 is 27.3. The highest BCUT2D eigenvalue weighted by atomic mass is 32.2. The molecule has 0 saturated heterocycles. The van der Waals surface area contributed by atoms with Gasteiger partial charge in [0.2, 0.25) is 21.1 Å². The number of hydrogen-bond donors (Lipinski definition) is 3. The van der Waals surface area contributed by atoms with E-state index in [4.69, 9.17) is 0 Å². The number of sulfonamides is 1. The summed E-state index contributed by atoms with van der Waals surface area (Å²) in [4.78, 5) is 16.8. The first kappa shape index (κ1) is 24.9. The number of benzene rings is 2. The number of amides is 1. The number of nitrogens with zero attached hydrogens (tertiary/aromatic N) is 2. The second kappa shape index (κ2) is 11.0. The number of nitrogens with one attached hydrogen (secondary N) is 3. The van der Waals surface area contributed by atoms with E-state index in [-0.39, 0.29) is 10.8 Å². The second-order valence-electron chi connectivity index (χ2n) is 8.53. The third-order valence-corrected chi connectivity index (χ3v) is 7.11. The van der Waals surface area contributed by atoms with Crippen LogP contribution in [0.3, 0.4) is 0 Å². The fourth-order valence-electron chi connectivity index (χ4n) is 3.01. The molecule has 0 saturated carbocycles. The SMILES string of the molecule is CC(C)(C)NS(=O)(=O)c1ccc(CCC(=O)NCCSc2n[nH]c(-c3ccccc3)n2)cc1. The summed E-state index contributed by atoms with van der Waals surface area (Å²) in [7, 11) is -3.56. The highest BCUT2D eigenvalue weighted by Gasteiger charge is 2.21. The number of rotatable bonds is 10. The maximum atomic E-state index is 12.4. The van der Waals surface area contributed by atoms with Crippen LogP contribution in [0.1, 0.15) is 32.8 Å². The van der Waals surface area contributed by atoms with Crippen LogP contribution in [-0.2, 0) is 21.2 Å². The molecule has 2 aromatic carbocycles. The summed E-state index contributed by atoms with van der Waals surface area (Å²) in [5.74, 6) is 1.32. The van der Waals surface area contributed by atoms with Gasteiger partial charge in [-0.3, -0.25) is 9.89 Å². The van der Waals surface area contributed by atoms with E-state index in [0.717, 1.165) is 17.0 Å². The van der Waals surface area contributed by atoms with E-state index in [0.29, 0.717) is 30.3 Å². The molecule has 0 atom stereocenters. The number of aryl methyl sites for hydroxylation is 1. The minimum Gasteiger partial charge on any atom is -0.355 e. The van der Waals surface area contributed by atoms with Crippen LogP contribution in [-0.4, -0.2) is 47.3 Å². The molecule has 0 radical (unpaired) electrons. The van der Waals surface area contributed by atoms with Crippen molar-refractivity contribution in [2.24, 2.45) is 0 Å². The lowest BCUT2D eigenvalue weighted by atomic mass is 10.1. The van der Waals surface area contributed by atoms with E-state index in [9.17, 15) is 13.2 Å². The van der Waals surface area contributed by atoms with Gasteiger partial charge in [-0.2, -0.15) is 0 Å². The molecule has 1 aromatic heterocycles. The van der Waals surface area contributed by atoms with Crippen LogP contribution in [0.2, 0.25) is 0 Å². The average molecular weight is 488 g/mol. The summed E-state index contributed by atoms with van der Waals surface area (Å²) in [6, 6.07) is 16.4. The lowest BCUT2D eigenvalue weighted by molar-refractivity contribution is -0.120. The molecule has 3 aromatic rings. The third kappa shape index (κ3) is 7.99. The lowest BCUT2D eigenvalue weighted by Gasteiger charge is -2.20. The number of carbonyl (C=O) groups excluding carboxylic acids is 1. The molecule has 33 heavy (non-hydrogen) atoms. The van der Waals surface area contributed by atoms with Crippen LogP contribution in [0.25, 0.3) is 11.4 Å². The zero-order chi connectivity index (χ0) is 23.9. The normalized spacial score (nSPS) is 12.0. The van der Waals surface area contributed by atoms with Gasteiger partial charge in [-0.05, 0) is 44.9 Å². The van der Waals surface area contributed by atoms with Gasteiger partial charge in [0.15, 0.2) is 5.82 Å². The predicted molar refractivity (Wildman–Crippen MR) is 130 cm³/mol. The summed E-state index contributed by atoms with van der Waals surface area (Å²) in [6.45, 7) is 5.89. The van der Waals surface area contributed by atoms with Crippen LogP contribution < -0.4 is 10.0 Å². The molecule has 3 rings (SSSR count). The van der Waals surface area contributed by atoms with Crippen molar-refractivity contribution in [1.29, 1.82) is 0 Å². The molecule has 0 unspecified atom stereocenters. The average Bonchev–Trinajstić information content (AvgIpc) is 3.24. The summed E-state index contributed by atoms with van der Waals surface area (Å²) >= 11 is 1.47. The zero-order valence-corrected chi connectivity index (χ0v) is 20.6. The molecular formula is C23H29N5O3S2. The van der Waals surface area contributed by atoms with Gasteiger partial charge in [0.05, 0.1) is 4.90 Å². The quantitative estimate of drug-likeness (QED) is 0.298. The van der Waals surface area contributed by atoms with Gasteiger partial charge in [0.1, 0.15) is 0 Å². The Balaban J connectivity index is 1.38. The first-order chi connectivity index (χ1) is 15.6. The van der Waals surface area contributed by atoms with E-state index in [2.05, 4.69) is 25.2 Å². The largest absolute Gasteiger partial charge is 0.355 e. The van der Waals surface area contributed by atoms with Crippen LogP contribution >= 0.6 is 11.8 Å². The molecule has 0 aliphatic heterocycles. The first-order valence-corrected chi connectivity index (χ1v) is 13.1. The zero-order valence-electron chi connectivity index (χ0n) is 19.0. The van der Waals surface area contributed by atoms with Crippen LogP contribution in [0.5, 0.6) is 0 Å². The molecule has 3 N–H and O–H groups in total. The Morgan fingerprint density at radius 1 is 1.06 bits per heavy atom. The Morgan fingerprint density at radius 2 is 1.76 bits per heavy atom. The maximum Gasteiger partial charge on any atom is 0.241 e. The Kier molecular flexibility index (Phi) is 8.28.